The minimum Gasteiger partial charge on any atom is -0.455 e. The number of para-hydroxylation sites is 3. The van der Waals surface area contributed by atoms with Crippen LogP contribution in [-0.2, 0) is 0 Å². The maximum absolute atomic E-state index is 6.78. The van der Waals surface area contributed by atoms with Crippen molar-refractivity contribution in [2.45, 2.75) is 0 Å². The molecule has 0 spiro atoms. The number of aromatic nitrogens is 4. The van der Waals surface area contributed by atoms with Crippen LogP contribution in [0.3, 0.4) is 0 Å². The molecule has 0 aliphatic heterocycles. The molecule has 0 fully saturated rings. The predicted molar refractivity (Wildman–Crippen MR) is 272 cm³/mol. The van der Waals surface area contributed by atoms with Gasteiger partial charge in [0.2, 0.25) is 0 Å². The number of rotatable bonds is 7. The number of fused-ring (bicyclic) bond motifs is 8. The summed E-state index contributed by atoms with van der Waals surface area (Å²) in [5.74, 6) is 1.68. The summed E-state index contributed by atoms with van der Waals surface area (Å²) in [7, 11) is 0. The maximum Gasteiger partial charge on any atom is 0.167 e. The van der Waals surface area contributed by atoms with Gasteiger partial charge in [-0.15, -0.1) is 0 Å². The lowest BCUT2D eigenvalue weighted by molar-refractivity contribution is 0.670. The third-order valence-electron chi connectivity index (χ3n) is 12.8. The lowest BCUT2D eigenvalue weighted by Gasteiger charge is -2.19. The van der Waals surface area contributed by atoms with Crippen molar-refractivity contribution in [3.8, 4) is 73.2 Å². The molecular formula is C61H38N4O. The molecule has 0 saturated carbocycles. The first-order chi connectivity index (χ1) is 32.7. The molecule has 0 atom stereocenters. The van der Waals surface area contributed by atoms with E-state index < -0.39 is 0 Å². The summed E-state index contributed by atoms with van der Waals surface area (Å²) in [6.07, 6.45) is 0. The molecule has 0 radical (unpaired) electrons. The van der Waals surface area contributed by atoms with Gasteiger partial charge in [-0.05, 0) is 93.2 Å². The van der Waals surface area contributed by atoms with Gasteiger partial charge in [0.25, 0.3) is 0 Å². The monoisotopic (exact) mass is 842 g/mol. The Hall–Kier alpha value is -8.93. The quantitative estimate of drug-likeness (QED) is 0.160. The van der Waals surface area contributed by atoms with Gasteiger partial charge in [-0.25, -0.2) is 15.0 Å². The Bertz CT molecular complexity index is 3970. The zero-order chi connectivity index (χ0) is 43.6. The summed E-state index contributed by atoms with van der Waals surface area (Å²) in [5.41, 5.74) is 14.0. The molecule has 3 aromatic heterocycles. The first kappa shape index (κ1) is 37.6. The molecule has 5 heteroatoms. The number of benzene rings is 10. The summed E-state index contributed by atoms with van der Waals surface area (Å²) < 4.78 is 9.14. The van der Waals surface area contributed by atoms with Gasteiger partial charge in [-0.1, -0.05) is 176 Å². The molecular weight excluding hydrogens is 805 g/mol. The van der Waals surface area contributed by atoms with Gasteiger partial charge in [0.1, 0.15) is 11.2 Å². The minimum atomic E-state index is 0.536. The van der Waals surface area contributed by atoms with E-state index in [4.69, 9.17) is 19.4 Å². The standard InChI is InChI=1S/C61H38N4O/c1-5-18-39(19-6-1)44-37-50(43-32-34-54-51(36-43)47-28-15-16-31-53(47)65(54)45-25-11-4-12-26-45)56(41-21-7-2-8-22-41)52(38-44)61-63-59(42-23-9-3-10-24-42)62-60(64-61)49-30-17-29-48-57-46-27-14-13-20-40(46)33-35-55(57)66-58(48)49/h1-38H. The Balaban J connectivity index is 1.11. The van der Waals surface area contributed by atoms with Gasteiger partial charge in [-0.2, -0.15) is 0 Å². The van der Waals surface area contributed by atoms with Gasteiger partial charge in [0.05, 0.1) is 16.6 Å². The molecule has 0 saturated heterocycles. The average molecular weight is 843 g/mol. The highest BCUT2D eigenvalue weighted by molar-refractivity contribution is 6.20. The van der Waals surface area contributed by atoms with E-state index in [2.05, 4.69) is 217 Å². The highest BCUT2D eigenvalue weighted by Crippen LogP contribution is 2.46. The van der Waals surface area contributed by atoms with Gasteiger partial charge in [0.15, 0.2) is 17.5 Å². The zero-order valence-corrected chi connectivity index (χ0v) is 35.6. The fourth-order valence-corrected chi connectivity index (χ4v) is 9.83. The molecule has 308 valence electrons. The molecule has 0 aliphatic carbocycles. The van der Waals surface area contributed by atoms with Crippen LogP contribution in [0.5, 0.6) is 0 Å². The molecule has 0 amide bonds. The smallest absolute Gasteiger partial charge is 0.167 e. The number of hydrogen-bond donors (Lipinski definition) is 0. The van der Waals surface area contributed by atoms with Crippen molar-refractivity contribution in [3.63, 3.8) is 0 Å². The summed E-state index contributed by atoms with van der Waals surface area (Å²) >= 11 is 0. The summed E-state index contributed by atoms with van der Waals surface area (Å²) in [6, 6.07) is 81.1. The number of hydrogen-bond acceptors (Lipinski definition) is 4. The molecule has 5 nitrogen and oxygen atoms in total. The van der Waals surface area contributed by atoms with Crippen LogP contribution in [0.25, 0.3) is 128 Å². The van der Waals surface area contributed by atoms with E-state index >= 15 is 0 Å². The van der Waals surface area contributed by atoms with E-state index in [0.29, 0.717) is 17.5 Å². The third kappa shape index (κ3) is 6.21. The molecule has 13 rings (SSSR count). The second-order valence-corrected chi connectivity index (χ2v) is 16.7. The SMILES string of the molecule is c1ccc(-c2cc(-c3ccc4c(c3)c3ccccc3n4-c3ccccc3)c(-c3ccccc3)c(-c3nc(-c4ccccc4)nc(-c4cccc5c4oc4ccc6ccccc6c45)n3)c2)cc1. The Labute approximate surface area is 380 Å². The van der Waals surface area contributed by atoms with E-state index in [9.17, 15) is 0 Å². The predicted octanol–water partition coefficient (Wildman–Crippen LogP) is 16.0. The van der Waals surface area contributed by atoms with E-state index in [1.165, 1.54) is 10.8 Å². The first-order valence-electron chi connectivity index (χ1n) is 22.3. The van der Waals surface area contributed by atoms with E-state index in [1.54, 1.807) is 0 Å². The minimum absolute atomic E-state index is 0.536. The second kappa shape index (κ2) is 15.4. The molecule has 0 unspecified atom stereocenters. The van der Waals surface area contributed by atoms with Crippen molar-refractivity contribution in [3.05, 3.63) is 231 Å². The Morgan fingerprint density at radius 2 is 0.924 bits per heavy atom. The van der Waals surface area contributed by atoms with Crippen LogP contribution in [-0.4, -0.2) is 19.5 Å². The van der Waals surface area contributed by atoms with Crippen molar-refractivity contribution in [1.82, 2.24) is 19.5 Å². The zero-order valence-electron chi connectivity index (χ0n) is 35.6. The van der Waals surface area contributed by atoms with Gasteiger partial charge in [0, 0.05) is 43.9 Å². The molecule has 0 N–H and O–H groups in total. The van der Waals surface area contributed by atoms with E-state index in [0.717, 1.165) is 99.5 Å². The van der Waals surface area contributed by atoms with Gasteiger partial charge in [-0.3, -0.25) is 0 Å². The highest BCUT2D eigenvalue weighted by Gasteiger charge is 2.24. The van der Waals surface area contributed by atoms with E-state index in [-0.39, 0.29) is 0 Å². The molecule has 0 aliphatic rings. The number of nitrogens with zero attached hydrogens (tertiary/aromatic N) is 4. The molecule has 13 aromatic rings. The fourth-order valence-electron chi connectivity index (χ4n) is 9.83. The highest BCUT2D eigenvalue weighted by atomic mass is 16.3. The fraction of sp³-hybridized carbons (Fsp3) is 0. The largest absolute Gasteiger partial charge is 0.455 e. The van der Waals surface area contributed by atoms with Crippen LogP contribution in [0, 0.1) is 0 Å². The molecule has 10 aromatic carbocycles. The van der Waals surface area contributed by atoms with Crippen LogP contribution in [0.2, 0.25) is 0 Å². The topological polar surface area (TPSA) is 56.7 Å². The lowest BCUT2D eigenvalue weighted by atomic mass is 9.86. The van der Waals surface area contributed by atoms with Crippen molar-refractivity contribution < 1.29 is 4.42 Å². The van der Waals surface area contributed by atoms with Crippen LogP contribution in [0.1, 0.15) is 0 Å². The Morgan fingerprint density at radius 1 is 0.333 bits per heavy atom. The summed E-state index contributed by atoms with van der Waals surface area (Å²) in [4.78, 5) is 16.1. The summed E-state index contributed by atoms with van der Waals surface area (Å²) in [5, 5.41) is 6.78. The summed E-state index contributed by atoms with van der Waals surface area (Å²) in [6.45, 7) is 0. The van der Waals surface area contributed by atoms with Crippen LogP contribution >= 0.6 is 0 Å². The van der Waals surface area contributed by atoms with Crippen LogP contribution < -0.4 is 0 Å². The number of furan rings is 1. The molecule has 66 heavy (non-hydrogen) atoms. The van der Waals surface area contributed by atoms with Crippen molar-refractivity contribution >= 4 is 54.5 Å². The van der Waals surface area contributed by atoms with Gasteiger partial charge >= 0.3 is 0 Å². The lowest BCUT2D eigenvalue weighted by Crippen LogP contribution is -2.02. The molecule has 3 heterocycles. The van der Waals surface area contributed by atoms with Crippen LogP contribution in [0.15, 0.2) is 235 Å². The second-order valence-electron chi connectivity index (χ2n) is 16.7. The molecule has 0 bridgehead atoms. The Morgan fingerprint density at radius 3 is 1.70 bits per heavy atom. The normalized spacial score (nSPS) is 11.6. The Kier molecular flexibility index (Phi) is 8.78. The van der Waals surface area contributed by atoms with Crippen molar-refractivity contribution in [2.75, 3.05) is 0 Å². The van der Waals surface area contributed by atoms with E-state index in [1.807, 2.05) is 18.2 Å². The van der Waals surface area contributed by atoms with Gasteiger partial charge < -0.3 is 8.98 Å². The maximum atomic E-state index is 6.78. The third-order valence-corrected chi connectivity index (χ3v) is 12.8. The van der Waals surface area contributed by atoms with Crippen molar-refractivity contribution in [2.24, 2.45) is 0 Å². The average Bonchev–Trinajstić information content (AvgIpc) is 3.95. The van der Waals surface area contributed by atoms with Crippen LogP contribution in [0.4, 0.5) is 0 Å². The van der Waals surface area contributed by atoms with Crippen molar-refractivity contribution in [1.29, 1.82) is 0 Å². The first-order valence-corrected chi connectivity index (χ1v) is 22.3.